The van der Waals surface area contributed by atoms with Crippen molar-refractivity contribution in [1.82, 2.24) is 9.80 Å². The summed E-state index contributed by atoms with van der Waals surface area (Å²) in [5, 5.41) is 0.936. The number of nitrogens with zero attached hydrogens (tertiary/aromatic N) is 3. The summed E-state index contributed by atoms with van der Waals surface area (Å²) < 4.78 is 0. The lowest BCUT2D eigenvalue weighted by atomic mass is 10.3. The minimum atomic E-state index is 0.0166. The second-order valence-electron chi connectivity index (χ2n) is 3.50. The molecule has 1 amide bonds. The smallest absolute Gasteiger partial charge is 0.258 e. The van der Waals surface area contributed by atoms with Crippen LogP contribution in [0.5, 0.6) is 0 Å². The van der Waals surface area contributed by atoms with Crippen molar-refractivity contribution >= 4 is 22.8 Å². The van der Waals surface area contributed by atoms with Crippen molar-refractivity contribution in [2.45, 2.75) is 6.92 Å². The van der Waals surface area contributed by atoms with E-state index in [-0.39, 0.29) is 5.91 Å². The van der Waals surface area contributed by atoms with Crippen molar-refractivity contribution in [2.24, 2.45) is 4.99 Å². The maximum Gasteiger partial charge on any atom is 0.258 e. The third-order valence-electron chi connectivity index (χ3n) is 2.64. The molecule has 1 fully saturated rings. The number of hydrogen-bond acceptors (Lipinski definition) is 4. The van der Waals surface area contributed by atoms with Gasteiger partial charge in [0.2, 0.25) is 0 Å². The molecule has 2 aliphatic rings. The van der Waals surface area contributed by atoms with E-state index in [1.54, 1.807) is 11.8 Å². The molecule has 0 N–H and O–H groups in total. The topological polar surface area (TPSA) is 35.9 Å². The number of amides is 1. The van der Waals surface area contributed by atoms with E-state index in [1.165, 1.54) is 0 Å². The van der Waals surface area contributed by atoms with E-state index in [1.807, 2.05) is 0 Å². The van der Waals surface area contributed by atoms with Gasteiger partial charge in [0.25, 0.3) is 5.91 Å². The lowest BCUT2D eigenvalue weighted by Gasteiger charge is -2.34. The third-order valence-corrected chi connectivity index (χ3v) is 3.63. The summed E-state index contributed by atoms with van der Waals surface area (Å²) in [4.78, 5) is 19.6. The van der Waals surface area contributed by atoms with Crippen molar-refractivity contribution in [2.75, 3.05) is 38.5 Å². The number of rotatable bonds is 1. The Morgan fingerprint density at radius 3 is 2.57 bits per heavy atom. The first kappa shape index (κ1) is 9.98. The van der Waals surface area contributed by atoms with Gasteiger partial charge in [-0.1, -0.05) is 18.7 Å². The predicted molar refractivity (Wildman–Crippen MR) is 58.6 cm³/mol. The van der Waals surface area contributed by atoms with Crippen LogP contribution >= 0.6 is 11.8 Å². The molecule has 78 valence electrons. The molecule has 0 aromatic rings. The van der Waals surface area contributed by atoms with Gasteiger partial charge in [-0.25, -0.2) is 0 Å². The summed E-state index contributed by atoms with van der Waals surface area (Å²) in [6, 6.07) is 0. The molecule has 2 heterocycles. The largest absolute Gasteiger partial charge is 0.349 e. The number of likely N-dealkylation sites (N-methyl/N-ethyl adjacent to an activating group) is 1. The fourth-order valence-electron chi connectivity index (χ4n) is 1.71. The van der Waals surface area contributed by atoms with Gasteiger partial charge in [0, 0.05) is 26.2 Å². The van der Waals surface area contributed by atoms with Crippen LogP contribution in [0.25, 0.3) is 0 Å². The molecule has 5 heteroatoms. The monoisotopic (exact) mass is 213 g/mol. The van der Waals surface area contributed by atoms with Crippen LogP contribution in [-0.2, 0) is 4.79 Å². The first-order chi connectivity index (χ1) is 6.79. The molecular weight excluding hydrogens is 198 g/mol. The highest BCUT2D eigenvalue weighted by Crippen LogP contribution is 2.17. The van der Waals surface area contributed by atoms with Gasteiger partial charge in [-0.05, 0) is 6.54 Å². The Morgan fingerprint density at radius 1 is 1.36 bits per heavy atom. The zero-order valence-electron chi connectivity index (χ0n) is 8.40. The standard InChI is InChI=1S/C9H15N3OS/c1-2-11-3-5-12(6-4-11)9-10-8(13)7-14-9/h2-7H2,1H3. The van der Waals surface area contributed by atoms with Crippen LogP contribution in [0.1, 0.15) is 6.92 Å². The van der Waals surface area contributed by atoms with Gasteiger partial charge < -0.3 is 9.80 Å². The molecule has 0 spiro atoms. The SMILES string of the molecule is CCN1CCN(C2=NC(=O)CS2)CC1. The second kappa shape index (κ2) is 4.31. The van der Waals surface area contributed by atoms with Crippen LogP contribution in [0.15, 0.2) is 4.99 Å². The highest BCUT2D eigenvalue weighted by molar-refractivity contribution is 8.14. The number of hydrogen-bond donors (Lipinski definition) is 0. The van der Waals surface area contributed by atoms with E-state index in [9.17, 15) is 4.79 Å². The van der Waals surface area contributed by atoms with Gasteiger partial charge in [-0.15, -0.1) is 0 Å². The highest BCUT2D eigenvalue weighted by atomic mass is 32.2. The zero-order chi connectivity index (χ0) is 9.97. The molecule has 0 aliphatic carbocycles. The molecule has 14 heavy (non-hydrogen) atoms. The Balaban J connectivity index is 1.89. The number of aliphatic imine (C=N–C) groups is 1. The van der Waals surface area contributed by atoms with E-state index in [0.717, 1.165) is 37.9 Å². The Labute approximate surface area is 88.3 Å². The summed E-state index contributed by atoms with van der Waals surface area (Å²) in [6.07, 6.45) is 0. The van der Waals surface area contributed by atoms with E-state index in [2.05, 4.69) is 21.7 Å². The van der Waals surface area contributed by atoms with Gasteiger partial charge >= 0.3 is 0 Å². The van der Waals surface area contributed by atoms with Crippen LogP contribution in [-0.4, -0.2) is 59.4 Å². The van der Waals surface area contributed by atoms with Crippen molar-refractivity contribution in [3.05, 3.63) is 0 Å². The van der Waals surface area contributed by atoms with Gasteiger partial charge in [0.15, 0.2) is 5.17 Å². The molecule has 0 saturated carbocycles. The second-order valence-corrected chi connectivity index (χ2v) is 4.44. The van der Waals surface area contributed by atoms with Gasteiger partial charge in [-0.3, -0.25) is 4.79 Å². The molecule has 0 atom stereocenters. The highest BCUT2D eigenvalue weighted by Gasteiger charge is 2.23. The molecule has 0 aromatic heterocycles. The maximum absolute atomic E-state index is 11.0. The lowest BCUT2D eigenvalue weighted by molar-refractivity contribution is -0.115. The normalized spacial score (nSPS) is 24.2. The summed E-state index contributed by atoms with van der Waals surface area (Å²) in [7, 11) is 0. The van der Waals surface area contributed by atoms with Crippen molar-refractivity contribution in [1.29, 1.82) is 0 Å². The lowest BCUT2D eigenvalue weighted by Crippen LogP contribution is -2.47. The molecule has 0 radical (unpaired) electrons. The van der Waals surface area contributed by atoms with Crippen LogP contribution in [0.2, 0.25) is 0 Å². The summed E-state index contributed by atoms with van der Waals surface area (Å²) in [5.74, 6) is 0.548. The first-order valence-electron chi connectivity index (χ1n) is 5.01. The predicted octanol–water partition coefficient (Wildman–Crippen LogP) is 0.253. The van der Waals surface area contributed by atoms with Crippen molar-refractivity contribution in [3.63, 3.8) is 0 Å². The Hall–Kier alpha value is -0.550. The number of thioether (sulfide) groups is 1. The third kappa shape index (κ3) is 2.09. The molecular formula is C9H15N3OS. The van der Waals surface area contributed by atoms with E-state index >= 15 is 0 Å². The van der Waals surface area contributed by atoms with Gasteiger partial charge in [-0.2, -0.15) is 4.99 Å². The van der Waals surface area contributed by atoms with E-state index in [4.69, 9.17) is 0 Å². The number of carbonyl (C=O) groups excluding carboxylic acids is 1. The molecule has 2 aliphatic heterocycles. The fraction of sp³-hybridized carbons (Fsp3) is 0.778. The van der Waals surface area contributed by atoms with E-state index < -0.39 is 0 Å². The molecule has 0 unspecified atom stereocenters. The van der Waals surface area contributed by atoms with Crippen LogP contribution in [0, 0.1) is 0 Å². The molecule has 1 saturated heterocycles. The van der Waals surface area contributed by atoms with Crippen molar-refractivity contribution in [3.8, 4) is 0 Å². The van der Waals surface area contributed by atoms with Crippen LogP contribution in [0.4, 0.5) is 0 Å². The average molecular weight is 213 g/mol. The molecule has 2 rings (SSSR count). The van der Waals surface area contributed by atoms with E-state index in [0.29, 0.717) is 5.75 Å². The minimum absolute atomic E-state index is 0.0166. The average Bonchev–Trinajstić information content (AvgIpc) is 2.65. The summed E-state index contributed by atoms with van der Waals surface area (Å²) in [6.45, 7) is 7.49. The minimum Gasteiger partial charge on any atom is -0.349 e. The summed E-state index contributed by atoms with van der Waals surface area (Å²) >= 11 is 1.57. The summed E-state index contributed by atoms with van der Waals surface area (Å²) in [5.41, 5.74) is 0. The number of carbonyl (C=O) groups is 1. The Morgan fingerprint density at radius 2 is 2.07 bits per heavy atom. The first-order valence-corrected chi connectivity index (χ1v) is 6.00. The van der Waals surface area contributed by atoms with Crippen LogP contribution in [0.3, 0.4) is 0 Å². The molecule has 4 nitrogen and oxygen atoms in total. The Bertz CT molecular complexity index is 259. The van der Waals surface area contributed by atoms with Crippen LogP contribution < -0.4 is 0 Å². The van der Waals surface area contributed by atoms with Crippen molar-refractivity contribution < 1.29 is 4.79 Å². The Kier molecular flexibility index (Phi) is 3.08. The molecule has 0 bridgehead atoms. The number of piperazine rings is 1. The molecule has 0 aromatic carbocycles. The van der Waals surface area contributed by atoms with Gasteiger partial charge in [0.05, 0.1) is 5.75 Å². The number of amidine groups is 1. The van der Waals surface area contributed by atoms with Gasteiger partial charge in [0.1, 0.15) is 0 Å². The zero-order valence-corrected chi connectivity index (χ0v) is 9.22. The fourth-order valence-corrected chi connectivity index (χ4v) is 2.56. The maximum atomic E-state index is 11.0. The quantitative estimate of drug-likeness (QED) is 0.626.